The highest BCUT2D eigenvalue weighted by molar-refractivity contribution is 7.98. The largest absolute Gasteiger partial charge is 0.508 e. The number of phenolic OH excluding ortho intramolecular Hbond substituents is 1. The summed E-state index contributed by atoms with van der Waals surface area (Å²) in [7, 11) is 0. The summed E-state index contributed by atoms with van der Waals surface area (Å²) in [6.07, 6.45) is 1.58. The Morgan fingerprint density at radius 2 is 1.62 bits per heavy atom. The van der Waals surface area contributed by atoms with Crippen LogP contribution in [0.3, 0.4) is 0 Å². The molecule has 0 saturated carbocycles. The van der Waals surface area contributed by atoms with Crippen molar-refractivity contribution in [2.75, 3.05) is 17.3 Å². The van der Waals surface area contributed by atoms with Gasteiger partial charge in [-0.3, -0.25) is 9.59 Å². The third-order valence-corrected chi connectivity index (χ3v) is 6.81. The van der Waals surface area contributed by atoms with E-state index in [0.29, 0.717) is 23.4 Å². The van der Waals surface area contributed by atoms with E-state index in [0.717, 1.165) is 10.8 Å². The molecule has 0 radical (unpaired) electrons. The number of amides is 3. The zero-order valence-corrected chi connectivity index (χ0v) is 24.7. The maximum Gasteiger partial charge on any atom is 0.408 e. The molecule has 3 aromatic carbocycles. The van der Waals surface area contributed by atoms with Crippen LogP contribution in [-0.2, 0) is 14.3 Å². The van der Waals surface area contributed by atoms with Crippen molar-refractivity contribution in [3.8, 4) is 5.75 Å². The Morgan fingerprint density at radius 1 is 0.975 bits per heavy atom. The standard InChI is InChI=1S/C31H39N3O5S/c1-20(2)34(29(37)26(17-18-40-6)33-30(38)39-31(3,4)5)27(22-12-15-25(35)16-13-22)28(36)32-24-14-11-21-9-7-8-10-23(21)19-24/h7-16,19-20,26-27,35H,17-18H2,1-6H3,(H,32,36)(H,33,38). The number of fused-ring (bicyclic) bond motifs is 1. The van der Waals surface area contributed by atoms with Crippen LogP contribution >= 0.6 is 11.8 Å². The zero-order valence-electron chi connectivity index (χ0n) is 23.9. The van der Waals surface area contributed by atoms with E-state index in [2.05, 4.69) is 10.6 Å². The zero-order chi connectivity index (χ0) is 29.4. The van der Waals surface area contributed by atoms with Crippen LogP contribution in [-0.4, -0.2) is 57.6 Å². The van der Waals surface area contributed by atoms with Gasteiger partial charge in [0.1, 0.15) is 23.4 Å². The summed E-state index contributed by atoms with van der Waals surface area (Å²) in [5.74, 6) is -0.152. The minimum atomic E-state index is -1.03. The summed E-state index contributed by atoms with van der Waals surface area (Å²) in [4.78, 5) is 42.2. The van der Waals surface area contributed by atoms with E-state index in [1.807, 2.05) is 62.6 Å². The fraction of sp³-hybridized carbons (Fsp3) is 0.387. The van der Waals surface area contributed by atoms with Gasteiger partial charge in [-0.15, -0.1) is 0 Å². The molecular weight excluding hydrogens is 526 g/mol. The molecule has 0 heterocycles. The average molecular weight is 566 g/mol. The van der Waals surface area contributed by atoms with Gasteiger partial charge in [-0.2, -0.15) is 11.8 Å². The van der Waals surface area contributed by atoms with Gasteiger partial charge >= 0.3 is 6.09 Å². The lowest BCUT2D eigenvalue weighted by molar-refractivity contribution is -0.143. The van der Waals surface area contributed by atoms with Gasteiger partial charge in [-0.05, 0) is 93.6 Å². The second kappa shape index (κ2) is 13.6. The first-order valence-corrected chi connectivity index (χ1v) is 14.7. The summed E-state index contributed by atoms with van der Waals surface area (Å²) in [6, 6.07) is 17.4. The Kier molecular flexibility index (Phi) is 10.5. The number of ether oxygens (including phenoxy) is 1. The summed E-state index contributed by atoms with van der Waals surface area (Å²) in [5.41, 5.74) is 0.386. The van der Waals surface area contributed by atoms with Crippen LogP contribution in [0.15, 0.2) is 66.7 Å². The highest BCUT2D eigenvalue weighted by Gasteiger charge is 2.37. The van der Waals surface area contributed by atoms with E-state index in [1.165, 1.54) is 17.0 Å². The minimum absolute atomic E-state index is 0.0456. The van der Waals surface area contributed by atoms with E-state index in [4.69, 9.17) is 4.74 Å². The number of aromatic hydroxyl groups is 1. The van der Waals surface area contributed by atoms with Gasteiger partial charge < -0.3 is 25.4 Å². The fourth-order valence-electron chi connectivity index (χ4n) is 4.38. The van der Waals surface area contributed by atoms with Gasteiger partial charge in [0.25, 0.3) is 5.91 Å². The highest BCUT2D eigenvalue weighted by atomic mass is 32.2. The third-order valence-electron chi connectivity index (χ3n) is 6.16. The molecule has 2 unspecified atom stereocenters. The molecule has 0 fully saturated rings. The first-order valence-electron chi connectivity index (χ1n) is 13.3. The second-order valence-corrected chi connectivity index (χ2v) is 11.9. The number of nitrogens with one attached hydrogen (secondary N) is 2. The SMILES string of the molecule is CSCCC(NC(=O)OC(C)(C)C)C(=O)N(C(C)C)C(C(=O)Nc1ccc2ccccc2c1)c1ccc(O)cc1. The summed E-state index contributed by atoms with van der Waals surface area (Å²) in [6.45, 7) is 8.92. The number of alkyl carbamates (subject to hydrolysis) is 1. The van der Waals surface area contributed by atoms with E-state index >= 15 is 0 Å². The molecule has 3 aromatic rings. The van der Waals surface area contributed by atoms with E-state index in [1.54, 1.807) is 44.7 Å². The van der Waals surface area contributed by atoms with Crippen LogP contribution in [0.2, 0.25) is 0 Å². The number of carbonyl (C=O) groups is 3. The number of phenols is 1. The minimum Gasteiger partial charge on any atom is -0.508 e. The van der Waals surface area contributed by atoms with Crippen LogP contribution in [0.4, 0.5) is 10.5 Å². The van der Waals surface area contributed by atoms with E-state index in [9.17, 15) is 19.5 Å². The Bertz CT molecular complexity index is 1320. The van der Waals surface area contributed by atoms with Crippen molar-refractivity contribution >= 4 is 46.1 Å². The molecule has 3 rings (SSSR count). The van der Waals surface area contributed by atoms with Crippen molar-refractivity contribution in [1.29, 1.82) is 0 Å². The predicted octanol–water partition coefficient (Wildman–Crippen LogP) is 6.11. The number of anilines is 1. The van der Waals surface area contributed by atoms with Crippen molar-refractivity contribution in [2.45, 2.75) is 64.8 Å². The van der Waals surface area contributed by atoms with Crippen LogP contribution in [0.1, 0.15) is 52.6 Å². The first-order chi connectivity index (χ1) is 18.9. The van der Waals surface area contributed by atoms with Gasteiger partial charge in [0.2, 0.25) is 5.91 Å². The summed E-state index contributed by atoms with van der Waals surface area (Å²) in [5, 5.41) is 17.6. The molecule has 0 spiro atoms. The molecular formula is C31H39N3O5S. The summed E-state index contributed by atoms with van der Waals surface area (Å²) >= 11 is 1.55. The molecule has 0 bridgehead atoms. The van der Waals surface area contributed by atoms with Gasteiger partial charge in [-0.1, -0.05) is 42.5 Å². The molecule has 9 heteroatoms. The van der Waals surface area contributed by atoms with Crippen LogP contribution in [0.25, 0.3) is 10.8 Å². The fourth-order valence-corrected chi connectivity index (χ4v) is 4.85. The molecule has 0 saturated heterocycles. The topological polar surface area (TPSA) is 108 Å². The molecule has 0 aliphatic rings. The Labute approximate surface area is 240 Å². The van der Waals surface area contributed by atoms with Gasteiger partial charge in [0.15, 0.2) is 0 Å². The smallest absolute Gasteiger partial charge is 0.408 e. The number of thioether (sulfide) groups is 1. The Hall–Kier alpha value is -3.72. The maximum atomic E-state index is 14.1. The molecule has 8 nitrogen and oxygen atoms in total. The van der Waals surface area contributed by atoms with Crippen molar-refractivity contribution < 1.29 is 24.2 Å². The van der Waals surface area contributed by atoms with Crippen molar-refractivity contribution in [2.24, 2.45) is 0 Å². The number of rotatable bonds is 10. The molecule has 3 amide bonds. The lowest BCUT2D eigenvalue weighted by atomic mass is 10.00. The summed E-state index contributed by atoms with van der Waals surface area (Å²) < 4.78 is 5.42. The lowest BCUT2D eigenvalue weighted by Gasteiger charge is -2.37. The van der Waals surface area contributed by atoms with Crippen molar-refractivity contribution in [1.82, 2.24) is 10.2 Å². The number of carbonyl (C=O) groups excluding carboxylic acids is 3. The van der Waals surface area contributed by atoms with Crippen LogP contribution < -0.4 is 10.6 Å². The first kappa shape index (κ1) is 30.8. The molecule has 0 aliphatic carbocycles. The van der Waals surface area contributed by atoms with Gasteiger partial charge in [-0.25, -0.2) is 4.79 Å². The van der Waals surface area contributed by atoms with Crippen LogP contribution in [0.5, 0.6) is 5.75 Å². The normalized spacial score (nSPS) is 13.0. The van der Waals surface area contributed by atoms with Crippen molar-refractivity contribution in [3.63, 3.8) is 0 Å². The third kappa shape index (κ3) is 8.39. The molecule has 0 aromatic heterocycles. The van der Waals surface area contributed by atoms with E-state index < -0.39 is 41.6 Å². The van der Waals surface area contributed by atoms with Crippen molar-refractivity contribution in [3.05, 3.63) is 72.3 Å². The molecule has 3 N–H and O–H groups in total. The van der Waals surface area contributed by atoms with Crippen LogP contribution in [0, 0.1) is 0 Å². The maximum absolute atomic E-state index is 14.1. The monoisotopic (exact) mass is 565 g/mol. The number of hydrogen-bond acceptors (Lipinski definition) is 6. The highest BCUT2D eigenvalue weighted by Crippen LogP contribution is 2.29. The molecule has 0 aliphatic heterocycles. The second-order valence-electron chi connectivity index (χ2n) is 10.9. The molecule has 40 heavy (non-hydrogen) atoms. The van der Waals surface area contributed by atoms with Gasteiger partial charge in [0.05, 0.1) is 0 Å². The average Bonchev–Trinajstić information content (AvgIpc) is 2.88. The number of benzene rings is 3. The van der Waals surface area contributed by atoms with E-state index in [-0.39, 0.29) is 5.75 Å². The molecule has 2 atom stereocenters. The quantitative estimate of drug-likeness (QED) is 0.274. The Balaban J connectivity index is 1.99. The number of nitrogens with zero attached hydrogens (tertiary/aromatic N) is 1. The number of hydrogen-bond donors (Lipinski definition) is 3. The van der Waals surface area contributed by atoms with Gasteiger partial charge in [0, 0.05) is 11.7 Å². The Morgan fingerprint density at radius 3 is 2.23 bits per heavy atom. The predicted molar refractivity (Wildman–Crippen MR) is 162 cm³/mol. The molecule has 214 valence electrons. The lowest BCUT2D eigenvalue weighted by Crippen LogP contribution is -2.54.